The summed E-state index contributed by atoms with van der Waals surface area (Å²) in [4.78, 5) is 0. The number of hydrogen-bond donors (Lipinski definition) is 2. The number of nitrogens with one attached hydrogen (secondary N) is 1. The predicted octanol–water partition coefficient (Wildman–Crippen LogP) is 3.18. The van der Waals surface area contributed by atoms with Crippen LogP contribution in [0.2, 0.25) is 0 Å². The third-order valence-electron chi connectivity index (χ3n) is 4.41. The van der Waals surface area contributed by atoms with E-state index in [9.17, 15) is 0 Å². The average Bonchev–Trinajstić information content (AvgIpc) is 3.27. The van der Waals surface area contributed by atoms with Crippen LogP contribution in [0.3, 0.4) is 0 Å². The fraction of sp³-hybridized carbons (Fsp3) is 0.562. The standard InChI is InChI=1S/C16H21N3/c17-8-7-13-9-14(5-6-16(13)18)19-10-15(11-1-2-11)12-3-4-12/h5-6,9,11-12,15,19H,1-4,7,10,18H2. The Kier molecular flexibility index (Phi) is 3.33. The summed E-state index contributed by atoms with van der Waals surface area (Å²) in [5, 5.41) is 12.3. The van der Waals surface area contributed by atoms with Gasteiger partial charge in [0.15, 0.2) is 0 Å². The highest BCUT2D eigenvalue weighted by atomic mass is 14.9. The van der Waals surface area contributed by atoms with E-state index in [2.05, 4.69) is 11.4 Å². The Morgan fingerprint density at radius 1 is 1.26 bits per heavy atom. The van der Waals surface area contributed by atoms with Gasteiger partial charge in [0.25, 0.3) is 0 Å². The molecule has 2 aliphatic rings. The Bertz CT molecular complexity index is 483. The summed E-state index contributed by atoms with van der Waals surface area (Å²) in [7, 11) is 0. The molecule has 3 N–H and O–H groups in total. The largest absolute Gasteiger partial charge is 0.398 e. The van der Waals surface area contributed by atoms with Crippen molar-refractivity contribution in [3.63, 3.8) is 0 Å². The van der Waals surface area contributed by atoms with Gasteiger partial charge in [0, 0.05) is 17.9 Å². The summed E-state index contributed by atoms with van der Waals surface area (Å²) < 4.78 is 0. The molecule has 0 bridgehead atoms. The van der Waals surface area contributed by atoms with E-state index in [4.69, 9.17) is 11.0 Å². The zero-order valence-corrected chi connectivity index (χ0v) is 11.2. The maximum Gasteiger partial charge on any atom is 0.0670 e. The van der Waals surface area contributed by atoms with Gasteiger partial charge in [-0.05, 0) is 67.2 Å². The Morgan fingerprint density at radius 3 is 2.53 bits per heavy atom. The Morgan fingerprint density at radius 2 is 1.95 bits per heavy atom. The summed E-state index contributed by atoms with van der Waals surface area (Å²) >= 11 is 0. The van der Waals surface area contributed by atoms with Crippen molar-refractivity contribution in [2.24, 2.45) is 17.8 Å². The predicted molar refractivity (Wildman–Crippen MR) is 77.6 cm³/mol. The Labute approximate surface area is 114 Å². The van der Waals surface area contributed by atoms with E-state index in [0.29, 0.717) is 12.1 Å². The van der Waals surface area contributed by atoms with Crippen molar-refractivity contribution in [1.29, 1.82) is 5.26 Å². The molecular weight excluding hydrogens is 234 g/mol. The number of nitrogens with two attached hydrogens (primary N) is 1. The molecule has 1 aromatic carbocycles. The number of hydrogen-bond acceptors (Lipinski definition) is 3. The maximum atomic E-state index is 8.79. The fourth-order valence-electron chi connectivity index (χ4n) is 2.96. The molecule has 0 heterocycles. The van der Waals surface area contributed by atoms with Crippen LogP contribution in [-0.4, -0.2) is 6.54 Å². The first-order valence-corrected chi connectivity index (χ1v) is 7.27. The molecule has 100 valence electrons. The van der Waals surface area contributed by atoms with Gasteiger partial charge in [-0.3, -0.25) is 0 Å². The Hall–Kier alpha value is -1.69. The molecule has 3 heteroatoms. The van der Waals surface area contributed by atoms with Crippen LogP contribution in [0, 0.1) is 29.1 Å². The van der Waals surface area contributed by atoms with Crippen LogP contribution in [0.5, 0.6) is 0 Å². The lowest BCUT2D eigenvalue weighted by molar-refractivity contribution is 0.428. The topological polar surface area (TPSA) is 61.8 Å². The number of nitriles is 1. The zero-order chi connectivity index (χ0) is 13.2. The van der Waals surface area contributed by atoms with Crippen LogP contribution < -0.4 is 11.1 Å². The number of benzene rings is 1. The number of nitrogens with zero attached hydrogens (tertiary/aromatic N) is 1. The van der Waals surface area contributed by atoms with Crippen LogP contribution in [0.25, 0.3) is 0 Å². The van der Waals surface area contributed by atoms with E-state index in [1.54, 1.807) is 0 Å². The van der Waals surface area contributed by atoms with E-state index in [1.165, 1.54) is 25.7 Å². The van der Waals surface area contributed by atoms with Crippen molar-refractivity contribution in [2.75, 3.05) is 17.6 Å². The molecule has 2 aliphatic carbocycles. The molecule has 2 fully saturated rings. The van der Waals surface area contributed by atoms with Crippen LogP contribution in [0.1, 0.15) is 31.2 Å². The van der Waals surface area contributed by atoms with Gasteiger partial charge in [0.1, 0.15) is 0 Å². The minimum Gasteiger partial charge on any atom is -0.398 e. The quantitative estimate of drug-likeness (QED) is 0.767. The summed E-state index contributed by atoms with van der Waals surface area (Å²) in [6.45, 7) is 1.07. The van der Waals surface area contributed by atoms with Crippen molar-refractivity contribution in [1.82, 2.24) is 0 Å². The van der Waals surface area contributed by atoms with Crippen LogP contribution >= 0.6 is 0 Å². The number of nitrogen functional groups attached to an aromatic ring is 1. The lowest BCUT2D eigenvalue weighted by Gasteiger charge is -2.17. The molecule has 19 heavy (non-hydrogen) atoms. The molecule has 0 atom stereocenters. The maximum absolute atomic E-state index is 8.79. The molecule has 0 unspecified atom stereocenters. The first-order valence-electron chi connectivity index (χ1n) is 7.27. The SMILES string of the molecule is N#CCc1cc(NCC(C2CC2)C2CC2)ccc1N. The fourth-order valence-corrected chi connectivity index (χ4v) is 2.96. The summed E-state index contributed by atoms with van der Waals surface area (Å²) in [5.41, 5.74) is 8.62. The van der Waals surface area contributed by atoms with Crippen molar-refractivity contribution < 1.29 is 0 Å². The zero-order valence-electron chi connectivity index (χ0n) is 11.2. The molecule has 3 rings (SSSR count). The van der Waals surface area contributed by atoms with E-state index in [-0.39, 0.29) is 0 Å². The molecular formula is C16H21N3. The van der Waals surface area contributed by atoms with Crippen molar-refractivity contribution >= 4 is 11.4 Å². The van der Waals surface area contributed by atoms with Crippen molar-refractivity contribution in [3.05, 3.63) is 23.8 Å². The molecule has 0 aliphatic heterocycles. The third kappa shape index (κ3) is 3.01. The summed E-state index contributed by atoms with van der Waals surface area (Å²) in [6, 6.07) is 8.11. The van der Waals surface area contributed by atoms with Gasteiger partial charge in [-0.2, -0.15) is 5.26 Å². The van der Waals surface area contributed by atoms with Gasteiger partial charge in [0.05, 0.1) is 12.5 Å². The highest BCUT2D eigenvalue weighted by molar-refractivity contribution is 5.58. The van der Waals surface area contributed by atoms with E-state index in [0.717, 1.165) is 35.5 Å². The average molecular weight is 255 g/mol. The molecule has 0 spiro atoms. The van der Waals surface area contributed by atoms with Crippen LogP contribution in [-0.2, 0) is 6.42 Å². The second-order valence-corrected chi connectivity index (χ2v) is 5.97. The number of anilines is 2. The van der Waals surface area contributed by atoms with Crippen molar-refractivity contribution in [3.8, 4) is 6.07 Å². The van der Waals surface area contributed by atoms with E-state index < -0.39 is 0 Å². The molecule has 1 aromatic rings. The molecule has 2 saturated carbocycles. The van der Waals surface area contributed by atoms with Gasteiger partial charge in [-0.25, -0.2) is 0 Å². The summed E-state index contributed by atoms with van der Waals surface area (Å²) in [6.07, 6.45) is 6.07. The second-order valence-electron chi connectivity index (χ2n) is 5.97. The van der Waals surface area contributed by atoms with Gasteiger partial charge in [-0.15, -0.1) is 0 Å². The lowest BCUT2D eigenvalue weighted by atomic mass is 9.98. The van der Waals surface area contributed by atoms with Gasteiger partial charge in [-0.1, -0.05) is 0 Å². The van der Waals surface area contributed by atoms with Crippen LogP contribution in [0.4, 0.5) is 11.4 Å². The normalized spacial score (nSPS) is 18.3. The van der Waals surface area contributed by atoms with Crippen LogP contribution in [0.15, 0.2) is 18.2 Å². The first-order chi connectivity index (χ1) is 9.28. The Balaban J connectivity index is 1.62. The molecule has 0 amide bonds. The third-order valence-corrected chi connectivity index (χ3v) is 4.41. The van der Waals surface area contributed by atoms with Crippen molar-refractivity contribution in [2.45, 2.75) is 32.1 Å². The van der Waals surface area contributed by atoms with E-state index in [1.807, 2.05) is 18.2 Å². The highest BCUT2D eigenvalue weighted by Crippen LogP contribution is 2.49. The lowest BCUT2D eigenvalue weighted by Crippen LogP contribution is -2.18. The van der Waals surface area contributed by atoms with Gasteiger partial charge >= 0.3 is 0 Å². The highest BCUT2D eigenvalue weighted by Gasteiger charge is 2.40. The first kappa shape index (κ1) is 12.3. The molecule has 0 radical (unpaired) electrons. The smallest absolute Gasteiger partial charge is 0.0670 e. The van der Waals surface area contributed by atoms with Gasteiger partial charge in [0.2, 0.25) is 0 Å². The number of rotatable bonds is 6. The monoisotopic (exact) mass is 255 g/mol. The second kappa shape index (κ2) is 5.13. The molecule has 0 aromatic heterocycles. The summed E-state index contributed by atoms with van der Waals surface area (Å²) in [5.74, 6) is 2.79. The minimum absolute atomic E-state index is 0.385. The molecule has 3 nitrogen and oxygen atoms in total. The van der Waals surface area contributed by atoms with Gasteiger partial charge < -0.3 is 11.1 Å². The van der Waals surface area contributed by atoms with E-state index >= 15 is 0 Å². The molecule has 0 saturated heterocycles. The minimum atomic E-state index is 0.385.